The number of thiophene rings is 1. The van der Waals surface area contributed by atoms with Gasteiger partial charge in [0.05, 0.1) is 0 Å². The van der Waals surface area contributed by atoms with Gasteiger partial charge in [0.1, 0.15) is 5.00 Å². The summed E-state index contributed by atoms with van der Waals surface area (Å²) >= 11 is 1.92. The molecule has 0 amide bonds. The molecule has 0 unspecified atom stereocenters. The van der Waals surface area contributed by atoms with Gasteiger partial charge in [-0.1, -0.05) is 42.5 Å². The van der Waals surface area contributed by atoms with Gasteiger partial charge in [0, 0.05) is 11.4 Å². The zero-order valence-corrected chi connectivity index (χ0v) is 38.6. The minimum absolute atomic E-state index is 0.128. The number of fused-ring (bicyclic) bond motifs is 3. The first-order chi connectivity index (χ1) is 32.7. The van der Waals surface area contributed by atoms with E-state index in [4.69, 9.17) is 0 Å². The van der Waals surface area contributed by atoms with Crippen LogP contribution < -0.4 is 9.80 Å². The van der Waals surface area contributed by atoms with E-state index in [1.165, 1.54) is 79.6 Å². The molecule has 4 heteroatoms. The summed E-state index contributed by atoms with van der Waals surface area (Å²) < 4.78 is 2.65. The van der Waals surface area contributed by atoms with Gasteiger partial charge < -0.3 is 4.90 Å². The molecular formula is C62H44N2SSe. The van der Waals surface area contributed by atoms with Crippen molar-refractivity contribution in [2.75, 3.05) is 9.80 Å². The zero-order chi connectivity index (χ0) is 44.1. The van der Waals surface area contributed by atoms with E-state index in [0.29, 0.717) is 0 Å². The van der Waals surface area contributed by atoms with E-state index in [0.717, 1.165) is 16.9 Å². The van der Waals surface area contributed by atoms with Gasteiger partial charge in [-0.2, -0.15) is 0 Å². The Labute approximate surface area is 396 Å². The molecule has 0 N–H and O–H groups in total. The summed E-state index contributed by atoms with van der Waals surface area (Å²) in [6.07, 6.45) is 9.13. The van der Waals surface area contributed by atoms with E-state index in [9.17, 15) is 0 Å². The molecule has 0 fully saturated rings. The molecule has 9 aromatic carbocycles. The number of hydrogen-bond donors (Lipinski definition) is 0. The van der Waals surface area contributed by atoms with Crippen LogP contribution in [0.2, 0.25) is 0 Å². The molecule has 0 aliphatic carbocycles. The molecule has 66 heavy (non-hydrogen) atoms. The van der Waals surface area contributed by atoms with Crippen molar-refractivity contribution in [3.05, 3.63) is 263 Å². The van der Waals surface area contributed by atoms with E-state index in [1.807, 2.05) is 0 Å². The molecule has 0 atom stereocenters. The van der Waals surface area contributed by atoms with Crippen molar-refractivity contribution in [1.29, 1.82) is 0 Å². The molecule has 0 aliphatic heterocycles. The van der Waals surface area contributed by atoms with Crippen LogP contribution in [0, 0.1) is 0 Å². The van der Waals surface area contributed by atoms with Gasteiger partial charge in [-0.05, 0) is 36.4 Å². The second-order valence-electron chi connectivity index (χ2n) is 16.1. The maximum absolute atomic E-state index is 2.40. The van der Waals surface area contributed by atoms with Gasteiger partial charge in [-0.3, -0.25) is 0 Å². The van der Waals surface area contributed by atoms with Crippen LogP contribution in [0.3, 0.4) is 0 Å². The molecular weight excluding hydrogens is 884 g/mol. The van der Waals surface area contributed by atoms with Gasteiger partial charge >= 0.3 is 288 Å². The summed E-state index contributed by atoms with van der Waals surface area (Å²) in [6.45, 7) is 0. The molecule has 0 spiro atoms. The van der Waals surface area contributed by atoms with Gasteiger partial charge in [0.25, 0.3) is 0 Å². The topological polar surface area (TPSA) is 6.48 Å². The van der Waals surface area contributed by atoms with Crippen molar-refractivity contribution in [2.24, 2.45) is 0 Å². The maximum atomic E-state index is 2.40. The van der Waals surface area contributed by atoms with E-state index < -0.39 is 0 Å². The van der Waals surface area contributed by atoms with Crippen LogP contribution in [0.25, 0.3) is 68.1 Å². The molecule has 0 aliphatic rings. The first-order valence-electron chi connectivity index (χ1n) is 22.2. The summed E-state index contributed by atoms with van der Waals surface area (Å²) in [5.41, 5.74) is 11.9. The second-order valence-corrected chi connectivity index (χ2v) is 19.5. The number of benzene rings is 9. The Morgan fingerprint density at radius 2 is 0.758 bits per heavy atom. The number of para-hydroxylation sites is 4. The first-order valence-corrected chi connectivity index (χ1v) is 24.8. The second kappa shape index (κ2) is 18.8. The monoisotopic (exact) mass is 928 g/mol. The first kappa shape index (κ1) is 41.0. The minimum atomic E-state index is 0.128. The Balaban J connectivity index is 1.00. The van der Waals surface area contributed by atoms with Gasteiger partial charge in [-0.25, -0.2) is 0 Å². The van der Waals surface area contributed by atoms with Crippen molar-refractivity contribution in [1.82, 2.24) is 0 Å². The average molecular weight is 928 g/mol. The Morgan fingerprint density at radius 1 is 0.333 bits per heavy atom. The standard InChI is InChI=1S/C62H44N2SSe/c1-7-19-47(20-8-1)61-55-39-33-45(31-35-53-36-41-59(65-53)63(49-23-11-3-12-24-49)50-25-13-4-14-26-50)43-57(55)58-44-46(34-40-56(58)62(61)48-21-9-2-10-22-48)32-37-54-38-42-60(66-54)64(51-27-15-5-16-28-51)52-29-17-6-18-30-52/h1-44H/b35-31+,37-32+. The molecule has 2 heterocycles. The Kier molecular flexibility index (Phi) is 11.7. The van der Waals surface area contributed by atoms with Crippen molar-refractivity contribution in [2.45, 2.75) is 0 Å². The fraction of sp³-hybridized carbons (Fsp3) is 0. The summed E-state index contributed by atoms with van der Waals surface area (Å²) in [5.74, 6) is 0. The molecule has 11 rings (SSSR count). The van der Waals surface area contributed by atoms with E-state index >= 15 is 0 Å². The predicted octanol–water partition coefficient (Wildman–Crippen LogP) is 17.7. The summed E-state index contributed by atoms with van der Waals surface area (Å²) in [4.78, 5) is 5.91. The fourth-order valence-electron chi connectivity index (χ4n) is 8.87. The quantitative estimate of drug-likeness (QED) is 0.0890. The Hall–Kier alpha value is -7.72. The van der Waals surface area contributed by atoms with Crippen LogP contribution in [-0.4, -0.2) is 14.5 Å². The number of anilines is 6. The van der Waals surface area contributed by atoms with Crippen molar-refractivity contribution in [3.8, 4) is 22.3 Å². The number of rotatable bonds is 12. The van der Waals surface area contributed by atoms with E-state index in [-0.39, 0.29) is 14.5 Å². The van der Waals surface area contributed by atoms with Crippen LogP contribution in [0.5, 0.6) is 0 Å². The molecule has 2 nitrogen and oxygen atoms in total. The number of hydrogen-bond acceptors (Lipinski definition) is 3. The summed E-state index contributed by atoms with van der Waals surface area (Å²) in [7, 11) is 0. The van der Waals surface area contributed by atoms with Crippen molar-refractivity contribution in [3.63, 3.8) is 0 Å². The SMILES string of the molecule is C(=C\c1ccc(N(c2ccccc2)c2ccccc2)s1)/c1ccc2c(-c3ccccc3)c(-c3ccccc3)c3ccc(/C=C/c4ccc(N(c5ccccc5)c5ccccc5)[se]4)cc3c2c1. The molecule has 2 aromatic heterocycles. The fourth-order valence-corrected chi connectivity index (χ4v) is 11.8. The van der Waals surface area contributed by atoms with Crippen LogP contribution in [0.4, 0.5) is 32.3 Å². The number of nitrogens with zero attached hydrogens (tertiary/aromatic N) is 2. The molecule has 0 bridgehead atoms. The molecule has 0 saturated heterocycles. The molecule has 0 saturated carbocycles. The van der Waals surface area contributed by atoms with Gasteiger partial charge in [-0.15, -0.1) is 11.3 Å². The third kappa shape index (κ3) is 8.50. The Morgan fingerprint density at radius 3 is 1.23 bits per heavy atom. The third-order valence-corrected chi connectivity index (χ3v) is 15.1. The zero-order valence-electron chi connectivity index (χ0n) is 36.1. The van der Waals surface area contributed by atoms with E-state index in [1.54, 1.807) is 11.3 Å². The van der Waals surface area contributed by atoms with Crippen molar-refractivity contribution < 1.29 is 0 Å². The van der Waals surface area contributed by atoms with Crippen LogP contribution in [0.1, 0.15) is 20.4 Å². The van der Waals surface area contributed by atoms with Crippen LogP contribution in [-0.2, 0) is 0 Å². The molecule has 314 valence electrons. The summed E-state index contributed by atoms with van der Waals surface area (Å²) in [5, 5.41) is 6.13. The van der Waals surface area contributed by atoms with Crippen LogP contribution >= 0.6 is 11.3 Å². The summed E-state index contributed by atoms with van der Waals surface area (Å²) in [6, 6.07) is 87.4. The average Bonchev–Trinajstić information content (AvgIpc) is 4.07. The predicted molar refractivity (Wildman–Crippen MR) is 287 cm³/mol. The third-order valence-electron chi connectivity index (χ3n) is 11.9. The normalized spacial score (nSPS) is 11.5. The van der Waals surface area contributed by atoms with Crippen molar-refractivity contribution >= 4 is 104 Å². The van der Waals surface area contributed by atoms with Gasteiger partial charge in [0.15, 0.2) is 0 Å². The Bertz CT molecular complexity index is 3140. The van der Waals surface area contributed by atoms with E-state index in [2.05, 4.69) is 277 Å². The molecule has 0 radical (unpaired) electrons. The van der Waals surface area contributed by atoms with Gasteiger partial charge in [0.2, 0.25) is 0 Å². The van der Waals surface area contributed by atoms with Crippen LogP contribution in [0.15, 0.2) is 243 Å². The molecule has 11 aromatic rings.